The number of hydrogen-bond acceptors (Lipinski definition) is 4. The van der Waals surface area contributed by atoms with Gasteiger partial charge in [-0.25, -0.2) is 0 Å². The molecule has 2 rings (SSSR count). The summed E-state index contributed by atoms with van der Waals surface area (Å²) in [6.07, 6.45) is 1.50. The molecule has 1 aliphatic heterocycles. The number of amides is 3. The van der Waals surface area contributed by atoms with Crippen LogP contribution in [-0.2, 0) is 20.8 Å². The Bertz CT molecular complexity index is 567. The van der Waals surface area contributed by atoms with Crippen molar-refractivity contribution in [2.45, 2.75) is 25.7 Å². The Morgan fingerprint density at radius 1 is 1.23 bits per heavy atom. The lowest BCUT2D eigenvalue weighted by molar-refractivity contribution is -0.148. The quantitative estimate of drug-likeness (QED) is 0.768. The third-order valence-electron chi connectivity index (χ3n) is 3.35. The Hall–Kier alpha value is -1.89. The number of benzene rings is 1. The van der Waals surface area contributed by atoms with Crippen molar-refractivity contribution in [1.82, 2.24) is 10.2 Å². The van der Waals surface area contributed by atoms with Crippen LogP contribution >= 0.6 is 15.9 Å². The maximum atomic E-state index is 11.8. The van der Waals surface area contributed by atoms with Crippen molar-refractivity contribution in [2.75, 3.05) is 13.1 Å². The number of carbonyl (C=O) groups is 3. The molecule has 1 heterocycles. The molecule has 0 unspecified atom stereocenters. The van der Waals surface area contributed by atoms with Crippen LogP contribution in [0.15, 0.2) is 22.7 Å². The maximum absolute atomic E-state index is 11.8. The predicted molar refractivity (Wildman–Crippen MR) is 83.1 cm³/mol. The van der Waals surface area contributed by atoms with Gasteiger partial charge in [-0.05, 0) is 30.2 Å². The van der Waals surface area contributed by atoms with Crippen molar-refractivity contribution in [3.63, 3.8) is 0 Å². The van der Waals surface area contributed by atoms with Gasteiger partial charge in [0.05, 0.1) is 6.42 Å². The smallest absolute Gasteiger partial charge is 0.229 e. The highest BCUT2D eigenvalue weighted by atomic mass is 79.9. The number of carbonyl (C=O) groups excluding carboxylic acids is 3. The average molecular weight is 369 g/mol. The van der Waals surface area contributed by atoms with E-state index < -0.39 is 0 Å². The van der Waals surface area contributed by atoms with Crippen molar-refractivity contribution in [1.29, 1.82) is 0 Å². The number of phenols is 1. The molecule has 22 heavy (non-hydrogen) atoms. The number of imide groups is 1. The van der Waals surface area contributed by atoms with E-state index in [-0.39, 0.29) is 43.0 Å². The van der Waals surface area contributed by atoms with Crippen LogP contribution in [0.25, 0.3) is 0 Å². The first-order chi connectivity index (χ1) is 10.5. The maximum Gasteiger partial charge on any atom is 0.229 e. The molecule has 7 heteroatoms. The van der Waals surface area contributed by atoms with Gasteiger partial charge >= 0.3 is 0 Å². The van der Waals surface area contributed by atoms with Gasteiger partial charge in [0.1, 0.15) is 5.75 Å². The standard InChI is InChI=1S/C15H17BrN2O4/c16-11-6-10(7-12(19)9-11)8-13(20)17-4-5-18-14(21)2-1-3-15(18)22/h6-7,9,19H,1-5,8H2,(H,17,20). The third kappa shape index (κ3) is 4.56. The summed E-state index contributed by atoms with van der Waals surface area (Å²) in [5.74, 6) is -0.499. The number of piperidine rings is 1. The number of nitrogens with zero attached hydrogens (tertiary/aromatic N) is 1. The van der Waals surface area contributed by atoms with E-state index in [1.165, 1.54) is 17.0 Å². The number of aromatic hydroxyl groups is 1. The molecule has 0 spiro atoms. The van der Waals surface area contributed by atoms with Crippen molar-refractivity contribution in [3.8, 4) is 5.75 Å². The zero-order valence-corrected chi connectivity index (χ0v) is 13.6. The van der Waals surface area contributed by atoms with E-state index >= 15 is 0 Å². The average Bonchev–Trinajstić information content (AvgIpc) is 2.41. The molecule has 2 N–H and O–H groups in total. The number of phenolic OH excluding ortho intramolecular Hbond substituents is 1. The van der Waals surface area contributed by atoms with Gasteiger partial charge in [0.25, 0.3) is 0 Å². The fourth-order valence-corrected chi connectivity index (χ4v) is 2.87. The SMILES string of the molecule is O=C(Cc1cc(O)cc(Br)c1)NCCN1C(=O)CCCC1=O. The fraction of sp³-hybridized carbons (Fsp3) is 0.400. The van der Waals surface area contributed by atoms with Crippen LogP contribution in [0.5, 0.6) is 5.75 Å². The van der Waals surface area contributed by atoms with E-state index in [0.29, 0.717) is 29.3 Å². The van der Waals surface area contributed by atoms with Crippen LogP contribution in [0, 0.1) is 0 Å². The van der Waals surface area contributed by atoms with Crippen LogP contribution in [0.2, 0.25) is 0 Å². The highest BCUT2D eigenvalue weighted by Crippen LogP contribution is 2.20. The van der Waals surface area contributed by atoms with Crippen LogP contribution < -0.4 is 5.32 Å². The molecule has 0 atom stereocenters. The van der Waals surface area contributed by atoms with E-state index in [0.717, 1.165) is 0 Å². The molecule has 1 aliphatic rings. The molecule has 118 valence electrons. The highest BCUT2D eigenvalue weighted by molar-refractivity contribution is 9.10. The Labute approximate surface area is 136 Å². The summed E-state index contributed by atoms with van der Waals surface area (Å²) in [7, 11) is 0. The van der Waals surface area contributed by atoms with E-state index in [9.17, 15) is 19.5 Å². The highest BCUT2D eigenvalue weighted by Gasteiger charge is 2.25. The number of halogens is 1. The first-order valence-electron chi connectivity index (χ1n) is 7.04. The summed E-state index contributed by atoms with van der Waals surface area (Å²) in [6.45, 7) is 0.434. The third-order valence-corrected chi connectivity index (χ3v) is 3.81. The van der Waals surface area contributed by atoms with Gasteiger partial charge in [-0.3, -0.25) is 19.3 Å². The second kappa shape index (κ2) is 7.40. The summed E-state index contributed by atoms with van der Waals surface area (Å²) in [6, 6.07) is 4.80. The molecule has 1 fully saturated rings. The zero-order chi connectivity index (χ0) is 16.1. The van der Waals surface area contributed by atoms with Crippen LogP contribution in [0.4, 0.5) is 0 Å². The normalized spacial score (nSPS) is 15.0. The summed E-state index contributed by atoms with van der Waals surface area (Å²) in [4.78, 5) is 36.3. The monoisotopic (exact) mass is 368 g/mol. The van der Waals surface area contributed by atoms with E-state index in [1.54, 1.807) is 6.07 Å². The molecule has 1 saturated heterocycles. The van der Waals surface area contributed by atoms with Gasteiger partial charge in [-0.15, -0.1) is 0 Å². The van der Waals surface area contributed by atoms with Gasteiger partial charge in [0.15, 0.2) is 0 Å². The molecular weight excluding hydrogens is 352 g/mol. The van der Waals surface area contributed by atoms with Crippen molar-refractivity contribution in [2.24, 2.45) is 0 Å². The summed E-state index contributed by atoms with van der Waals surface area (Å²) < 4.78 is 0.694. The minimum absolute atomic E-state index is 0.0849. The lowest BCUT2D eigenvalue weighted by Crippen LogP contribution is -2.44. The Morgan fingerprint density at radius 3 is 2.55 bits per heavy atom. The van der Waals surface area contributed by atoms with Crippen LogP contribution in [0.1, 0.15) is 24.8 Å². The second-order valence-electron chi connectivity index (χ2n) is 5.14. The minimum Gasteiger partial charge on any atom is -0.508 e. The number of rotatable bonds is 5. The van der Waals surface area contributed by atoms with Crippen molar-refractivity contribution < 1.29 is 19.5 Å². The first-order valence-corrected chi connectivity index (χ1v) is 7.83. The lowest BCUT2D eigenvalue weighted by Gasteiger charge is -2.24. The molecule has 3 amide bonds. The van der Waals surface area contributed by atoms with Crippen molar-refractivity contribution >= 4 is 33.7 Å². The molecule has 0 aromatic heterocycles. The second-order valence-corrected chi connectivity index (χ2v) is 6.05. The summed E-state index contributed by atoms with van der Waals surface area (Å²) in [5, 5.41) is 12.1. The Morgan fingerprint density at radius 2 is 1.91 bits per heavy atom. The Balaban J connectivity index is 1.80. The molecule has 0 aliphatic carbocycles. The zero-order valence-electron chi connectivity index (χ0n) is 12.0. The van der Waals surface area contributed by atoms with E-state index in [2.05, 4.69) is 21.2 Å². The van der Waals surface area contributed by atoms with Crippen molar-refractivity contribution in [3.05, 3.63) is 28.2 Å². The molecule has 0 saturated carbocycles. The molecular formula is C15H17BrN2O4. The molecule has 6 nitrogen and oxygen atoms in total. The molecule has 0 radical (unpaired) electrons. The summed E-state index contributed by atoms with van der Waals surface area (Å²) in [5.41, 5.74) is 0.675. The van der Waals surface area contributed by atoms with Gasteiger partial charge in [0, 0.05) is 30.4 Å². The van der Waals surface area contributed by atoms with Gasteiger partial charge in [-0.2, -0.15) is 0 Å². The largest absolute Gasteiger partial charge is 0.508 e. The van der Waals surface area contributed by atoms with Crippen LogP contribution in [-0.4, -0.2) is 40.8 Å². The minimum atomic E-state index is -0.227. The number of nitrogens with one attached hydrogen (secondary N) is 1. The number of hydrogen-bond donors (Lipinski definition) is 2. The molecule has 0 bridgehead atoms. The molecule has 1 aromatic carbocycles. The van der Waals surface area contributed by atoms with E-state index in [1.807, 2.05) is 0 Å². The Kier molecular flexibility index (Phi) is 5.54. The summed E-state index contributed by atoms with van der Waals surface area (Å²) >= 11 is 3.25. The topological polar surface area (TPSA) is 86.7 Å². The van der Waals surface area contributed by atoms with Gasteiger partial charge < -0.3 is 10.4 Å². The number of likely N-dealkylation sites (tertiary alicyclic amines) is 1. The first kappa shape index (κ1) is 16.5. The van der Waals surface area contributed by atoms with Gasteiger partial charge in [-0.1, -0.05) is 15.9 Å². The fourth-order valence-electron chi connectivity index (χ4n) is 2.34. The van der Waals surface area contributed by atoms with Crippen LogP contribution in [0.3, 0.4) is 0 Å². The lowest BCUT2D eigenvalue weighted by atomic mass is 10.1. The van der Waals surface area contributed by atoms with E-state index in [4.69, 9.17) is 0 Å². The predicted octanol–water partition coefficient (Wildman–Crippen LogP) is 1.35. The van der Waals surface area contributed by atoms with Gasteiger partial charge in [0.2, 0.25) is 17.7 Å². The molecule has 1 aromatic rings.